The summed E-state index contributed by atoms with van der Waals surface area (Å²) in [6, 6.07) is 0.625. The van der Waals surface area contributed by atoms with Gasteiger partial charge < -0.3 is 19.9 Å². The van der Waals surface area contributed by atoms with Gasteiger partial charge in [-0.2, -0.15) is 0 Å². The molecule has 3 fully saturated rings. The number of aliphatic imine (C=N–C) groups is 1. The van der Waals surface area contributed by atoms with Crippen LogP contribution in [-0.2, 0) is 9.53 Å². The van der Waals surface area contributed by atoms with Crippen molar-refractivity contribution in [3.8, 4) is 0 Å². The van der Waals surface area contributed by atoms with E-state index in [1.54, 1.807) is 19.0 Å². The molecule has 156 valence electrons. The van der Waals surface area contributed by atoms with Crippen LogP contribution in [0.15, 0.2) is 4.99 Å². The number of likely N-dealkylation sites (N-methyl/N-ethyl adjacent to an activating group) is 1. The van der Waals surface area contributed by atoms with Crippen molar-refractivity contribution in [2.45, 2.75) is 50.7 Å². The summed E-state index contributed by atoms with van der Waals surface area (Å²) in [5.74, 6) is 0.907. The second kappa shape index (κ2) is 11.4. The molecule has 0 bridgehead atoms. The number of hydrogen-bond acceptors (Lipinski definition) is 4. The van der Waals surface area contributed by atoms with E-state index in [0.29, 0.717) is 6.04 Å². The Hall–Kier alpha value is -0.610. The number of guanidine groups is 1. The van der Waals surface area contributed by atoms with E-state index in [1.807, 2.05) is 0 Å². The van der Waals surface area contributed by atoms with Gasteiger partial charge in [-0.25, -0.2) is 4.99 Å². The first-order chi connectivity index (χ1) is 12.6. The summed E-state index contributed by atoms with van der Waals surface area (Å²) in [5.41, 5.74) is 0. The van der Waals surface area contributed by atoms with Crippen LogP contribution in [0, 0.1) is 0 Å². The van der Waals surface area contributed by atoms with Crippen molar-refractivity contribution in [2.75, 3.05) is 60.0 Å². The molecule has 0 aliphatic carbocycles. The Bertz CT molecular complexity index is 490. The molecule has 2 atom stereocenters. The maximum Gasteiger partial charge on any atom is 0.243 e. The molecule has 3 aliphatic heterocycles. The maximum atomic E-state index is 12.0. The summed E-state index contributed by atoms with van der Waals surface area (Å²) in [6.07, 6.45) is 7.60. The molecule has 2 unspecified atom stereocenters. The molecular weight excluding hydrogens is 457 g/mol. The smallest absolute Gasteiger partial charge is 0.243 e. The van der Waals surface area contributed by atoms with E-state index in [0.717, 1.165) is 38.6 Å². The van der Waals surface area contributed by atoms with Crippen LogP contribution in [0.4, 0.5) is 0 Å². The van der Waals surface area contributed by atoms with Gasteiger partial charge in [0.2, 0.25) is 5.91 Å². The fourth-order valence-corrected chi connectivity index (χ4v) is 4.06. The number of nitrogens with zero attached hydrogens (tertiary/aromatic N) is 4. The lowest BCUT2D eigenvalue weighted by Crippen LogP contribution is -2.46. The Morgan fingerprint density at radius 2 is 1.93 bits per heavy atom. The molecule has 8 heteroatoms. The number of carbonyl (C=O) groups is 1. The molecule has 0 saturated carbocycles. The predicted molar refractivity (Wildman–Crippen MR) is 119 cm³/mol. The molecule has 0 aromatic carbocycles. The van der Waals surface area contributed by atoms with E-state index < -0.39 is 0 Å². The normalized spacial score (nSPS) is 26.7. The second-order valence-electron chi connectivity index (χ2n) is 7.93. The van der Waals surface area contributed by atoms with E-state index >= 15 is 0 Å². The standard InChI is InChI=1S/C19H35N5O2.HI/c1-22(2)18(25)14-21-19(20-13-17-7-3-6-12-26-17)24-11-8-16(15-24)23-9-4-5-10-23;/h16-17H,3-15H2,1-2H3,(H,20,21);1H. The van der Waals surface area contributed by atoms with Crippen LogP contribution in [0.3, 0.4) is 0 Å². The third kappa shape index (κ3) is 6.74. The Morgan fingerprint density at radius 3 is 2.59 bits per heavy atom. The minimum absolute atomic E-state index is 0. The third-order valence-electron chi connectivity index (χ3n) is 5.74. The quantitative estimate of drug-likeness (QED) is 0.356. The third-order valence-corrected chi connectivity index (χ3v) is 5.74. The Morgan fingerprint density at radius 1 is 1.15 bits per heavy atom. The zero-order valence-corrected chi connectivity index (χ0v) is 19.2. The van der Waals surface area contributed by atoms with Crippen LogP contribution in [0.2, 0.25) is 0 Å². The highest BCUT2D eigenvalue weighted by Crippen LogP contribution is 2.20. The summed E-state index contributed by atoms with van der Waals surface area (Å²) in [4.78, 5) is 23.2. The maximum absolute atomic E-state index is 12.0. The lowest BCUT2D eigenvalue weighted by Gasteiger charge is -2.28. The molecule has 1 N–H and O–H groups in total. The van der Waals surface area contributed by atoms with Crippen molar-refractivity contribution in [3.05, 3.63) is 0 Å². The van der Waals surface area contributed by atoms with E-state index in [1.165, 1.54) is 45.2 Å². The van der Waals surface area contributed by atoms with Crippen molar-refractivity contribution in [1.29, 1.82) is 0 Å². The lowest BCUT2D eigenvalue weighted by atomic mass is 10.1. The van der Waals surface area contributed by atoms with E-state index in [-0.39, 0.29) is 42.5 Å². The molecule has 27 heavy (non-hydrogen) atoms. The highest BCUT2D eigenvalue weighted by molar-refractivity contribution is 14.0. The summed E-state index contributed by atoms with van der Waals surface area (Å²) < 4.78 is 5.84. The van der Waals surface area contributed by atoms with Gasteiger partial charge in [0.05, 0.1) is 6.10 Å². The Labute approximate surface area is 180 Å². The number of rotatable bonds is 5. The van der Waals surface area contributed by atoms with Crippen molar-refractivity contribution < 1.29 is 9.53 Å². The number of amides is 1. The summed E-state index contributed by atoms with van der Waals surface area (Å²) in [5, 5.41) is 3.50. The van der Waals surface area contributed by atoms with Crippen LogP contribution in [0.25, 0.3) is 0 Å². The van der Waals surface area contributed by atoms with Crippen LogP contribution < -0.4 is 5.32 Å². The molecule has 0 aromatic rings. The zero-order chi connectivity index (χ0) is 18.4. The van der Waals surface area contributed by atoms with Crippen molar-refractivity contribution >= 4 is 35.8 Å². The monoisotopic (exact) mass is 493 g/mol. The van der Waals surface area contributed by atoms with Gasteiger partial charge in [-0.15, -0.1) is 24.0 Å². The number of likely N-dealkylation sites (tertiary alicyclic amines) is 2. The fraction of sp³-hybridized carbons (Fsp3) is 0.895. The molecule has 0 aromatic heterocycles. The number of carbonyl (C=O) groups excluding carboxylic acids is 1. The van der Waals surface area contributed by atoms with Gasteiger partial charge in [0.25, 0.3) is 0 Å². The van der Waals surface area contributed by atoms with Crippen molar-refractivity contribution in [3.63, 3.8) is 0 Å². The SMILES string of the molecule is CN(C)C(=O)CN=C(NCC1CCCCO1)N1CCC(N2CCCC2)C1.I. The largest absolute Gasteiger partial charge is 0.376 e. The zero-order valence-electron chi connectivity index (χ0n) is 16.9. The fourth-order valence-electron chi connectivity index (χ4n) is 4.06. The average molecular weight is 493 g/mol. The lowest BCUT2D eigenvalue weighted by molar-refractivity contribution is -0.127. The van der Waals surface area contributed by atoms with E-state index in [4.69, 9.17) is 4.74 Å². The van der Waals surface area contributed by atoms with Crippen LogP contribution >= 0.6 is 24.0 Å². The van der Waals surface area contributed by atoms with Crippen LogP contribution in [-0.4, -0.2) is 98.7 Å². The second-order valence-corrected chi connectivity index (χ2v) is 7.93. The first-order valence-corrected chi connectivity index (χ1v) is 10.2. The van der Waals surface area contributed by atoms with E-state index in [9.17, 15) is 4.79 Å². The Balaban J connectivity index is 0.00000261. The molecule has 0 radical (unpaired) electrons. The van der Waals surface area contributed by atoms with Gasteiger partial charge in [0.15, 0.2) is 5.96 Å². The minimum Gasteiger partial charge on any atom is -0.376 e. The molecule has 1 amide bonds. The first-order valence-electron chi connectivity index (χ1n) is 10.2. The molecule has 3 aliphatic rings. The number of nitrogens with one attached hydrogen (secondary N) is 1. The van der Waals surface area contributed by atoms with Gasteiger partial charge in [-0.1, -0.05) is 0 Å². The van der Waals surface area contributed by atoms with Gasteiger partial charge in [-0.05, 0) is 51.6 Å². The van der Waals surface area contributed by atoms with Crippen molar-refractivity contribution in [2.24, 2.45) is 4.99 Å². The van der Waals surface area contributed by atoms with E-state index in [2.05, 4.69) is 20.1 Å². The van der Waals surface area contributed by atoms with Gasteiger partial charge in [0, 0.05) is 46.4 Å². The van der Waals surface area contributed by atoms with Gasteiger partial charge >= 0.3 is 0 Å². The topological polar surface area (TPSA) is 60.4 Å². The summed E-state index contributed by atoms with van der Waals surface area (Å²) >= 11 is 0. The van der Waals surface area contributed by atoms with Gasteiger partial charge in [0.1, 0.15) is 6.54 Å². The average Bonchev–Trinajstić information content (AvgIpc) is 3.33. The number of halogens is 1. The highest BCUT2D eigenvalue weighted by Gasteiger charge is 2.31. The first kappa shape index (κ1) is 22.7. The molecule has 0 spiro atoms. The number of hydrogen-bond donors (Lipinski definition) is 1. The predicted octanol–water partition coefficient (Wildman–Crippen LogP) is 1.38. The summed E-state index contributed by atoms with van der Waals surface area (Å²) in [6.45, 7) is 6.31. The molecule has 7 nitrogen and oxygen atoms in total. The molecular formula is C19H36IN5O2. The summed E-state index contributed by atoms with van der Waals surface area (Å²) in [7, 11) is 3.56. The molecule has 3 saturated heterocycles. The van der Waals surface area contributed by atoms with Crippen LogP contribution in [0.1, 0.15) is 38.5 Å². The molecule has 3 rings (SSSR count). The number of ether oxygens (including phenoxy) is 1. The van der Waals surface area contributed by atoms with Gasteiger partial charge in [-0.3, -0.25) is 9.69 Å². The van der Waals surface area contributed by atoms with Crippen LogP contribution in [0.5, 0.6) is 0 Å². The molecule has 3 heterocycles. The van der Waals surface area contributed by atoms with Crippen molar-refractivity contribution in [1.82, 2.24) is 20.0 Å². The highest BCUT2D eigenvalue weighted by atomic mass is 127. The Kier molecular flexibility index (Phi) is 9.58. The minimum atomic E-state index is 0.